The minimum absolute atomic E-state index is 0.0739. The molecule has 1 aliphatic rings. The Morgan fingerprint density at radius 2 is 1.84 bits per heavy atom. The summed E-state index contributed by atoms with van der Waals surface area (Å²) in [7, 11) is 0. The fourth-order valence-electron chi connectivity index (χ4n) is 2.66. The van der Waals surface area contributed by atoms with Crippen LogP contribution in [0.4, 0.5) is 5.69 Å². The van der Waals surface area contributed by atoms with Crippen LogP contribution in [0.1, 0.15) is 54.1 Å². The van der Waals surface area contributed by atoms with E-state index in [0.29, 0.717) is 11.3 Å². The summed E-state index contributed by atoms with van der Waals surface area (Å²) in [6.07, 6.45) is 4.32. The topological polar surface area (TPSA) is 52.3 Å². The molecule has 1 aromatic carbocycles. The third-order valence-electron chi connectivity index (χ3n) is 4.15. The first-order chi connectivity index (χ1) is 8.97. The molecule has 2 rings (SSSR count). The zero-order valence-corrected chi connectivity index (χ0v) is 12.0. The van der Waals surface area contributed by atoms with Crippen LogP contribution >= 0.6 is 0 Å². The van der Waals surface area contributed by atoms with Gasteiger partial charge in [-0.25, -0.2) is 4.79 Å². The molecular weight excluding hydrogens is 238 g/mol. The predicted molar refractivity (Wildman–Crippen MR) is 77.2 cm³/mol. The number of benzene rings is 1. The van der Waals surface area contributed by atoms with Crippen LogP contribution < -0.4 is 5.73 Å². The van der Waals surface area contributed by atoms with Gasteiger partial charge in [0, 0.05) is 5.69 Å². The molecule has 1 fully saturated rings. The van der Waals surface area contributed by atoms with Crippen molar-refractivity contribution in [3.8, 4) is 0 Å². The molecule has 3 heteroatoms. The second-order valence-electron chi connectivity index (χ2n) is 5.80. The Hall–Kier alpha value is -1.51. The van der Waals surface area contributed by atoms with Crippen molar-refractivity contribution >= 4 is 11.7 Å². The van der Waals surface area contributed by atoms with Crippen LogP contribution in [-0.4, -0.2) is 12.1 Å². The van der Waals surface area contributed by atoms with E-state index in [9.17, 15) is 4.79 Å². The molecule has 1 aliphatic carbocycles. The van der Waals surface area contributed by atoms with Crippen LogP contribution in [0.3, 0.4) is 0 Å². The van der Waals surface area contributed by atoms with Crippen molar-refractivity contribution in [3.63, 3.8) is 0 Å². The van der Waals surface area contributed by atoms with Crippen molar-refractivity contribution in [3.05, 3.63) is 28.8 Å². The molecule has 0 heterocycles. The highest BCUT2D eigenvalue weighted by atomic mass is 16.5. The smallest absolute Gasteiger partial charge is 0.338 e. The molecule has 19 heavy (non-hydrogen) atoms. The Bertz CT molecular complexity index is 474. The fourth-order valence-corrected chi connectivity index (χ4v) is 2.66. The lowest BCUT2D eigenvalue weighted by Gasteiger charge is -2.26. The molecule has 0 atom stereocenters. The molecule has 0 aromatic heterocycles. The number of hydrogen-bond donors (Lipinski definition) is 1. The SMILES string of the molecule is Cc1cc(N)cc(C(=O)OC2CCC(C)CC2)c1C. The van der Waals surface area contributed by atoms with E-state index in [1.807, 2.05) is 19.9 Å². The van der Waals surface area contributed by atoms with E-state index in [-0.39, 0.29) is 12.1 Å². The summed E-state index contributed by atoms with van der Waals surface area (Å²) < 4.78 is 5.62. The minimum Gasteiger partial charge on any atom is -0.459 e. The molecule has 0 bridgehead atoms. The Morgan fingerprint density at radius 3 is 2.47 bits per heavy atom. The molecule has 0 spiro atoms. The number of hydrogen-bond acceptors (Lipinski definition) is 3. The number of esters is 1. The van der Waals surface area contributed by atoms with Gasteiger partial charge in [0.2, 0.25) is 0 Å². The van der Waals surface area contributed by atoms with Gasteiger partial charge in [0.1, 0.15) is 6.10 Å². The largest absolute Gasteiger partial charge is 0.459 e. The number of carbonyl (C=O) groups is 1. The van der Waals surface area contributed by atoms with E-state index >= 15 is 0 Å². The number of carbonyl (C=O) groups excluding carboxylic acids is 1. The standard InChI is InChI=1S/C16H23NO2/c1-10-4-6-14(7-5-10)19-16(18)15-9-13(17)8-11(2)12(15)3/h8-10,14H,4-7,17H2,1-3H3. The van der Waals surface area contributed by atoms with Crippen molar-refractivity contribution in [2.24, 2.45) is 5.92 Å². The summed E-state index contributed by atoms with van der Waals surface area (Å²) >= 11 is 0. The second-order valence-corrected chi connectivity index (χ2v) is 5.80. The maximum atomic E-state index is 12.2. The summed E-state index contributed by atoms with van der Waals surface area (Å²) in [6, 6.07) is 3.60. The van der Waals surface area contributed by atoms with Gasteiger partial charge in [-0.2, -0.15) is 0 Å². The highest BCUT2D eigenvalue weighted by molar-refractivity contribution is 5.92. The van der Waals surface area contributed by atoms with E-state index < -0.39 is 0 Å². The predicted octanol–water partition coefficient (Wildman–Crippen LogP) is 3.62. The van der Waals surface area contributed by atoms with Gasteiger partial charge in [0.05, 0.1) is 5.56 Å². The number of anilines is 1. The molecule has 0 amide bonds. The van der Waals surface area contributed by atoms with Crippen LogP contribution in [-0.2, 0) is 4.74 Å². The Labute approximate surface area is 115 Å². The average molecular weight is 261 g/mol. The van der Waals surface area contributed by atoms with Crippen molar-refractivity contribution in [2.45, 2.75) is 52.6 Å². The normalized spacial score (nSPS) is 23.1. The highest BCUT2D eigenvalue weighted by Crippen LogP contribution is 2.27. The van der Waals surface area contributed by atoms with Crippen LogP contribution in [0.25, 0.3) is 0 Å². The van der Waals surface area contributed by atoms with E-state index in [2.05, 4.69) is 6.92 Å². The third kappa shape index (κ3) is 3.28. The first-order valence-electron chi connectivity index (χ1n) is 7.05. The summed E-state index contributed by atoms with van der Waals surface area (Å²) in [5.74, 6) is 0.527. The van der Waals surface area contributed by atoms with Crippen molar-refractivity contribution in [1.82, 2.24) is 0 Å². The van der Waals surface area contributed by atoms with E-state index in [1.54, 1.807) is 6.07 Å². The molecular formula is C16H23NO2. The maximum Gasteiger partial charge on any atom is 0.338 e. The quantitative estimate of drug-likeness (QED) is 0.653. The lowest BCUT2D eigenvalue weighted by molar-refractivity contribution is 0.0173. The lowest BCUT2D eigenvalue weighted by atomic mass is 9.89. The van der Waals surface area contributed by atoms with Gasteiger partial charge in [-0.3, -0.25) is 0 Å². The highest BCUT2D eigenvalue weighted by Gasteiger charge is 2.23. The first kappa shape index (κ1) is 13.9. The van der Waals surface area contributed by atoms with Crippen molar-refractivity contribution in [2.75, 3.05) is 5.73 Å². The number of rotatable bonds is 2. The number of ether oxygens (including phenoxy) is 1. The number of nitrogens with two attached hydrogens (primary N) is 1. The summed E-state index contributed by atoms with van der Waals surface area (Å²) in [4.78, 5) is 12.2. The minimum atomic E-state index is -0.229. The number of aryl methyl sites for hydroxylation is 1. The zero-order valence-electron chi connectivity index (χ0n) is 12.0. The van der Waals surface area contributed by atoms with Gasteiger partial charge in [-0.05, 0) is 68.7 Å². The summed E-state index contributed by atoms with van der Waals surface area (Å²) in [6.45, 7) is 6.16. The fraction of sp³-hybridized carbons (Fsp3) is 0.562. The van der Waals surface area contributed by atoms with E-state index in [4.69, 9.17) is 10.5 Å². The summed E-state index contributed by atoms with van der Waals surface area (Å²) in [5, 5.41) is 0. The van der Waals surface area contributed by atoms with Crippen molar-refractivity contribution < 1.29 is 9.53 Å². The Morgan fingerprint density at radius 1 is 1.21 bits per heavy atom. The van der Waals surface area contributed by atoms with Crippen LogP contribution in [0.5, 0.6) is 0 Å². The van der Waals surface area contributed by atoms with E-state index in [1.165, 1.54) is 0 Å². The van der Waals surface area contributed by atoms with Crippen molar-refractivity contribution in [1.29, 1.82) is 0 Å². The van der Waals surface area contributed by atoms with Gasteiger partial charge < -0.3 is 10.5 Å². The molecule has 1 aromatic rings. The Kier molecular flexibility index (Phi) is 4.13. The molecule has 3 nitrogen and oxygen atoms in total. The molecule has 104 valence electrons. The van der Waals surface area contributed by atoms with Crippen LogP contribution in [0.2, 0.25) is 0 Å². The molecule has 1 saturated carbocycles. The molecule has 0 unspecified atom stereocenters. The van der Waals surface area contributed by atoms with Crippen LogP contribution in [0.15, 0.2) is 12.1 Å². The first-order valence-corrected chi connectivity index (χ1v) is 7.05. The Balaban J connectivity index is 2.08. The molecule has 0 radical (unpaired) electrons. The van der Waals surface area contributed by atoms with Gasteiger partial charge >= 0.3 is 5.97 Å². The molecule has 0 aliphatic heterocycles. The maximum absolute atomic E-state index is 12.2. The lowest BCUT2D eigenvalue weighted by Crippen LogP contribution is -2.24. The second kappa shape index (κ2) is 5.64. The molecule has 2 N–H and O–H groups in total. The van der Waals surface area contributed by atoms with Gasteiger partial charge in [-0.15, -0.1) is 0 Å². The van der Waals surface area contributed by atoms with Gasteiger partial charge in [-0.1, -0.05) is 6.92 Å². The molecule has 0 saturated heterocycles. The third-order valence-corrected chi connectivity index (χ3v) is 4.15. The van der Waals surface area contributed by atoms with Crippen LogP contribution in [0, 0.1) is 19.8 Å². The average Bonchev–Trinajstić information content (AvgIpc) is 2.36. The summed E-state index contributed by atoms with van der Waals surface area (Å²) in [5.41, 5.74) is 9.03. The van der Waals surface area contributed by atoms with E-state index in [0.717, 1.165) is 42.7 Å². The van der Waals surface area contributed by atoms with Gasteiger partial charge in [0.25, 0.3) is 0 Å². The number of nitrogen functional groups attached to an aromatic ring is 1. The monoisotopic (exact) mass is 261 g/mol. The zero-order chi connectivity index (χ0) is 14.0. The van der Waals surface area contributed by atoms with Gasteiger partial charge in [0.15, 0.2) is 0 Å².